The molecule has 21 heavy (non-hydrogen) atoms. The lowest BCUT2D eigenvalue weighted by Gasteiger charge is -2.09. The highest BCUT2D eigenvalue weighted by Gasteiger charge is 2.14. The first kappa shape index (κ1) is 14.0. The lowest BCUT2D eigenvalue weighted by atomic mass is 10.1. The highest BCUT2D eigenvalue weighted by molar-refractivity contribution is 9.10. The van der Waals surface area contributed by atoms with Crippen molar-refractivity contribution in [2.45, 2.75) is 6.61 Å². The molecule has 0 unspecified atom stereocenters. The van der Waals surface area contributed by atoms with Crippen molar-refractivity contribution in [3.05, 3.63) is 67.3 Å². The maximum absolute atomic E-state index is 11.1. The molecule has 4 nitrogen and oxygen atoms in total. The predicted octanol–water partition coefficient (Wildman–Crippen LogP) is 5.15. The second-order valence-electron chi connectivity index (χ2n) is 4.37. The van der Waals surface area contributed by atoms with Crippen LogP contribution < -0.4 is 4.74 Å². The molecular weight excluding hydrogens is 354 g/mol. The number of benzene rings is 2. The monoisotopic (exact) mass is 363 g/mol. The van der Waals surface area contributed by atoms with Gasteiger partial charge in [-0.3, -0.25) is 10.1 Å². The van der Waals surface area contributed by atoms with E-state index >= 15 is 0 Å². The number of thiophene rings is 1. The third-order valence-electron chi connectivity index (χ3n) is 3.11. The van der Waals surface area contributed by atoms with Crippen molar-refractivity contribution in [3.63, 3.8) is 0 Å². The molecule has 0 spiro atoms. The number of rotatable bonds is 4. The van der Waals surface area contributed by atoms with Gasteiger partial charge in [-0.15, -0.1) is 11.3 Å². The highest BCUT2D eigenvalue weighted by Crippen LogP contribution is 2.34. The zero-order valence-corrected chi connectivity index (χ0v) is 13.2. The Bertz CT molecular complexity index is 816. The first-order chi connectivity index (χ1) is 10.2. The number of ether oxygens (including phenoxy) is 1. The van der Waals surface area contributed by atoms with E-state index in [9.17, 15) is 10.1 Å². The Morgan fingerprint density at radius 2 is 1.90 bits per heavy atom. The van der Waals surface area contributed by atoms with E-state index < -0.39 is 0 Å². The minimum atomic E-state index is -0.373. The number of nitrogens with zero attached hydrogens (tertiary/aromatic N) is 1. The van der Waals surface area contributed by atoms with Crippen molar-refractivity contribution in [2.24, 2.45) is 0 Å². The number of hydrogen-bond acceptors (Lipinski definition) is 4. The fourth-order valence-electron chi connectivity index (χ4n) is 2.11. The van der Waals surface area contributed by atoms with Gasteiger partial charge in [-0.25, -0.2) is 0 Å². The predicted molar refractivity (Wildman–Crippen MR) is 87.0 cm³/mol. The van der Waals surface area contributed by atoms with E-state index in [0.29, 0.717) is 17.7 Å². The maximum atomic E-state index is 11.1. The van der Waals surface area contributed by atoms with Gasteiger partial charge in [-0.05, 0) is 39.5 Å². The summed E-state index contributed by atoms with van der Waals surface area (Å²) in [5.41, 5.74) is 0.0928. The lowest BCUT2D eigenvalue weighted by Crippen LogP contribution is -1.96. The zero-order valence-electron chi connectivity index (χ0n) is 10.8. The van der Waals surface area contributed by atoms with E-state index in [1.54, 1.807) is 29.5 Å². The fraction of sp³-hybridized carbons (Fsp3) is 0.0667. The first-order valence-corrected chi connectivity index (χ1v) is 7.85. The molecule has 0 fully saturated rings. The number of hydrogen-bond donors (Lipinski definition) is 0. The number of fused-ring (bicyclic) bond motifs is 1. The summed E-state index contributed by atoms with van der Waals surface area (Å²) in [6.45, 7) is 0.431. The number of halogens is 1. The van der Waals surface area contributed by atoms with E-state index in [4.69, 9.17) is 4.74 Å². The Kier molecular flexibility index (Phi) is 3.90. The molecule has 0 N–H and O–H groups in total. The van der Waals surface area contributed by atoms with E-state index in [1.807, 2.05) is 23.6 Å². The van der Waals surface area contributed by atoms with Gasteiger partial charge >= 0.3 is 0 Å². The van der Waals surface area contributed by atoms with Gasteiger partial charge in [0.25, 0.3) is 5.69 Å². The number of non-ortho nitro benzene ring substituents is 1. The lowest BCUT2D eigenvalue weighted by molar-refractivity contribution is -0.383. The summed E-state index contributed by atoms with van der Waals surface area (Å²) < 4.78 is 6.85. The summed E-state index contributed by atoms with van der Waals surface area (Å²) in [5.74, 6) is 0.650. The molecular formula is C15H10BrNO3S. The summed E-state index contributed by atoms with van der Waals surface area (Å²) >= 11 is 5.06. The van der Waals surface area contributed by atoms with Gasteiger partial charge in [0.05, 0.1) is 15.2 Å². The number of nitro benzene ring substituents is 1. The Morgan fingerprint density at radius 3 is 2.57 bits per heavy atom. The van der Waals surface area contributed by atoms with Crippen molar-refractivity contribution in [1.82, 2.24) is 0 Å². The second kappa shape index (κ2) is 5.83. The van der Waals surface area contributed by atoms with Gasteiger partial charge in [-0.2, -0.15) is 0 Å². The molecule has 0 amide bonds. The molecule has 0 atom stereocenters. The second-order valence-corrected chi connectivity index (χ2v) is 6.22. The molecule has 0 saturated heterocycles. The van der Waals surface area contributed by atoms with Gasteiger partial charge in [0.15, 0.2) is 0 Å². The van der Waals surface area contributed by atoms with Crippen LogP contribution in [-0.4, -0.2) is 4.92 Å². The van der Waals surface area contributed by atoms with E-state index in [0.717, 1.165) is 14.7 Å². The van der Waals surface area contributed by atoms with Crippen LogP contribution in [0.3, 0.4) is 0 Å². The third-order valence-corrected chi connectivity index (χ3v) is 5.01. The average Bonchev–Trinajstić information content (AvgIpc) is 2.89. The minimum Gasteiger partial charge on any atom is -0.487 e. The van der Waals surface area contributed by atoms with Gasteiger partial charge in [0, 0.05) is 15.9 Å². The topological polar surface area (TPSA) is 52.4 Å². The summed E-state index contributed by atoms with van der Waals surface area (Å²) in [4.78, 5) is 11.8. The molecule has 0 bridgehead atoms. The van der Waals surface area contributed by atoms with Gasteiger partial charge < -0.3 is 4.74 Å². The average molecular weight is 364 g/mol. The first-order valence-electron chi connectivity index (χ1n) is 6.17. The Labute approximate surface area is 133 Å². The Morgan fingerprint density at radius 1 is 1.14 bits per heavy atom. The summed E-state index contributed by atoms with van der Waals surface area (Å²) in [7, 11) is 0. The molecule has 1 heterocycles. The van der Waals surface area contributed by atoms with Crippen molar-refractivity contribution in [1.29, 1.82) is 0 Å². The Balaban J connectivity index is 1.98. The van der Waals surface area contributed by atoms with Crippen molar-refractivity contribution >= 4 is 43.7 Å². The van der Waals surface area contributed by atoms with Crippen LogP contribution in [-0.2, 0) is 6.61 Å². The highest BCUT2D eigenvalue weighted by atomic mass is 79.9. The Hall–Kier alpha value is -1.92. The van der Waals surface area contributed by atoms with Crippen LogP contribution in [0.5, 0.6) is 5.75 Å². The van der Waals surface area contributed by atoms with Crippen LogP contribution in [0.2, 0.25) is 0 Å². The molecule has 2 aromatic carbocycles. The van der Waals surface area contributed by atoms with Gasteiger partial charge in [-0.1, -0.05) is 18.2 Å². The van der Waals surface area contributed by atoms with Crippen molar-refractivity contribution in [3.8, 4) is 5.75 Å². The van der Waals surface area contributed by atoms with E-state index in [2.05, 4.69) is 15.9 Å². The SMILES string of the molecule is O=[N+]([O-])c1ccc(OCc2sccc2Br)c2ccccc12. The quantitative estimate of drug-likeness (QED) is 0.475. The molecule has 0 aliphatic heterocycles. The molecule has 0 aliphatic rings. The maximum Gasteiger partial charge on any atom is 0.277 e. The molecule has 3 aromatic rings. The normalized spacial score (nSPS) is 10.7. The molecule has 0 aliphatic carbocycles. The summed E-state index contributed by atoms with van der Waals surface area (Å²) in [6.07, 6.45) is 0. The van der Waals surface area contributed by atoms with Gasteiger partial charge in [0.2, 0.25) is 0 Å². The largest absolute Gasteiger partial charge is 0.487 e. The zero-order chi connectivity index (χ0) is 14.8. The van der Waals surface area contributed by atoms with Crippen LogP contribution >= 0.6 is 27.3 Å². The summed E-state index contributed by atoms with van der Waals surface area (Å²) in [5, 5.41) is 14.4. The third kappa shape index (κ3) is 2.77. The molecule has 3 rings (SSSR count). The van der Waals surface area contributed by atoms with Crippen LogP contribution in [0.25, 0.3) is 10.8 Å². The molecule has 0 radical (unpaired) electrons. The van der Waals surface area contributed by atoms with Crippen LogP contribution in [0.1, 0.15) is 4.88 Å². The fourth-order valence-corrected chi connectivity index (χ4v) is 3.49. The molecule has 6 heteroatoms. The van der Waals surface area contributed by atoms with Crippen LogP contribution in [0.15, 0.2) is 52.3 Å². The van der Waals surface area contributed by atoms with E-state index in [-0.39, 0.29) is 10.6 Å². The number of nitro groups is 1. The van der Waals surface area contributed by atoms with Crippen molar-refractivity contribution in [2.75, 3.05) is 0 Å². The van der Waals surface area contributed by atoms with Crippen LogP contribution in [0.4, 0.5) is 5.69 Å². The van der Waals surface area contributed by atoms with Crippen LogP contribution in [0, 0.1) is 10.1 Å². The molecule has 1 aromatic heterocycles. The van der Waals surface area contributed by atoms with E-state index in [1.165, 1.54) is 6.07 Å². The summed E-state index contributed by atoms with van der Waals surface area (Å²) in [6, 6.07) is 12.3. The van der Waals surface area contributed by atoms with Gasteiger partial charge in [0.1, 0.15) is 12.4 Å². The minimum absolute atomic E-state index is 0.0928. The standard InChI is InChI=1S/C15H10BrNO3S/c16-12-7-8-21-15(12)9-20-14-6-5-13(17(18)19)10-3-1-2-4-11(10)14/h1-8H,9H2. The smallest absolute Gasteiger partial charge is 0.277 e. The molecule has 0 saturated carbocycles. The van der Waals surface area contributed by atoms with Crippen molar-refractivity contribution < 1.29 is 9.66 Å². The molecule has 106 valence electrons.